The minimum absolute atomic E-state index is 0.109. The van der Waals surface area contributed by atoms with E-state index in [0.717, 1.165) is 30.0 Å². The topological polar surface area (TPSA) is 50.8 Å². The lowest BCUT2D eigenvalue weighted by atomic mass is 10.1. The fraction of sp³-hybridized carbons (Fsp3) is 0.562. The second-order valence-electron chi connectivity index (χ2n) is 5.21. The van der Waals surface area contributed by atoms with Crippen LogP contribution in [0.2, 0.25) is 0 Å². The molecule has 0 atom stereocenters. The third kappa shape index (κ3) is 5.27. The summed E-state index contributed by atoms with van der Waals surface area (Å²) >= 11 is 0. The van der Waals surface area contributed by atoms with E-state index in [1.54, 1.807) is 19.1 Å². The number of hydrogen-bond donors (Lipinski definition) is 1. The van der Waals surface area contributed by atoms with Crippen LogP contribution in [0.3, 0.4) is 0 Å². The van der Waals surface area contributed by atoms with Crippen molar-refractivity contribution < 1.29 is 14.3 Å². The van der Waals surface area contributed by atoms with E-state index in [4.69, 9.17) is 9.47 Å². The quantitative estimate of drug-likeness (QED) is 0.742. The zero-order valence-corrected chi connectivity index (χ0v) is 13.6. The molecule has 0 saturated heterocycles. The van der Waals surface area contributed by atoms with Crippen molar-refractivity contribution >= 4 is 5.91 Å². The van der Waals surface area contributed by atoms with Crippen LogP contribution in [0.1, 0.15) is 19.4 Å². The Balaban J connectivity index is 2.41. The summed E-state index contributed by atoms with van der Waals surface area (Å²) in [6.45, 7) is 5.11. The average Bonchev–Trinajstić information content (AvgIpc) is 2.49. The number of benzene rings is 1. The van der Waals surface area contributed by atoms with Gasteiger partial charge in [0.1, 0.15) is 0 Å². The standard InChI is InChI=1S/C16H26N2O3/c1-12(2)18(3)16(19)11-17-9-8-13-6-7-14(20-4)15(10-13)21-5/h6-7,10,12,17H,8-9,11H2,1-5H3. The molecule has 0 aliphatic carbocycles. The Labute approximate surface area is 127 Å². The van der Waals surface area contributed by atoms with E-state index in [1.165, 1.54) is 0 Å². The van der Waals surface area contributed by atoms with Gasteiger partial charge in [0.25, 0.3) is 0 Å². The third-order valence-corrected chi connectivity index (χ3v) is 3.48. The molecule has 5 nitrogen and oxygen atoms in total. The molecule has 0 saturated carbocycles. The van der Waals surface area contributed by atoms with Crippen molar-refractivity contribution in [2.75, 3.05) is 34.4 Å². The van der Waals surface area contributed by atoms with Gasteiger partial charge >= 0.3 is 0 Å². The van der Waals surface area contributed by atoms with Crippen LogP contribution in [-0.4, -0.2) is 51.2 Å². The Kier molecular flexibility index (Phi) is 7.02. The maximum Gasteiger partial charge on any atom is 0.236 e. The maximum atomic E-state index is 11.8. The van der Waals surface area contributed by atoms with E-state index in [1.807, 2.05) is 39.1 Å². The number of ether oxygens (including phenoxy) is 2. The van der Waals surface area contributed by atoms with Crippen LogP contribution >= 0.6 is 0 Å². The van der Waals surface area contributed by atoms with Crippen LogP contribution in [-0.2, 0) is 11.2 Å². The molecule has 0 radical (unpaired) electrons. The molecule has 0 aliphatic rings. The van der Waals surface area contributed by atoms with Crippen molar-refractivity contribution in [1.82, 2.24) is 10.2 Å². The van der Waals surface area contributed by atoms with Gasteiger partial charge in [0, 0.05) is 13.1 Å². The highest BCUT2D eigenvalue weighted by Crippen LogP contribution is 2.27. The number of hydrogen-bond acceptors (Lipinski definition) is 4. The number of nitrogens with zero attached hydrogens (tertiary/aromatic N) is 1. The minimum atomic E-state index is 0.109. The van der Waals surface area contributed by atoms with Gasteiger partial charge in [0.05, 0.1) is 20.8 Å². The molecule has 0 aliphatic heterocycles. The molecule has 0 spiro atoms. The zero-order chi connectivity index (χ0) is 15.8. The Bertz CT molecular complexity index is 461. The molecule has 0 fully saturated rings. The lowest BCUT2D eigenvalue weighted by Crippen LogP contribution is -2.39. The summed E-state index contributed by atoms with van der Waals surface area (Å²) in [6, 6.07) is 6.09. The molecular weight excluding hydrogens is 268 g/mol. The number of amides is 1. The minimum Gasteiger partial charge on any atom is -0.493 e. The number of methoxy groups -OCH3 is 2. The molecular formula is C16H26N2O3. The van der Waals surface area contributed by atoms with Gasteiger partial charge in [-0.25, -0.2) is 0 Å². The van der Waals surface area contributed by atoms with E-state index in [9.17, 15) is 4.79 Å². The predicted molar refractivity (Wildman–Crippen MR) is 84.0 cm³/mol. The largest absolute Gasteiger partial charge is 0.493 e. The molecule has 1 N–H and O–H groups in total. The fourth-order valence-corrected chi connectivity index (χ4v) is 1.88. The molecule has 0 aromatic heterocycles. The Hall–Kier alpha value is -1.75. The Morgan fingerprint density at radius 3 is 2.48 bits per heavy atom. The number of likely N-dealkylation sites (N-methyl/N-ethyl adjacent to an activating group) is 1. The van der Waals surface area contributed by atoms with Crippen LogP contribution in [0.4, 0.5) is 0 Å². The summed E-state index contributed by atoms with van der Waals surface area (Å²) in [5.41, 5.74) is 1.14. The highest BCUT2D eigenvalue weighted by Gasteiger charge is 2.10. The van der Waals surface area contributed by atoms with Crippen LogP contribution in [0, 0.1) is 0 Å². The number of nitrogens with one attached hydrogen (secondary N) is 1. The van der Waals surface area contributed by atoms with Gasteiger partial charge in [0.15, 0.2) is 11.5 Å². The van der Waals surface area contributed by atoms with Crippen LogP contribution in [0.5, 0.6) is 11.5 Å². The molecule has 118 valence electrons. The van der Waals surface area contributed by atoms with Crippen molar-refractivity contribution in [3.63, 3.8) is 0 Å². The monoisotopic (exact) mass is 294 g/mol. The first-order valence-electron chi connectivity index (χ1n) is 7.16. The molecule has 0 unspecified atom stereocenters. The van der Waals surface area contributed by atoms with E-state index in [2.05, 4.69) is 5.32 Å². The first kappa shape index (κ1) is 17.3. The van der Waals surface area contributed by atoms with Crippen molar-refractivity contribution in [3.05, 3.63) is 23.8 Å². The first-order valence-corrected chi connectivity index (χ1v) is 7.16. The summed E-state index contributed by atoms with van der Waals surface area (Å²) in [7, 11) is 5.07. The van der Waals surface area contributed by atoms with Gasteiger partial charge in [0.2, 0.25) is 5.91 Å². The van der Waals surface area contributed by atoms with Gasteiger partial charge in [-0.05, 0) is 44.5 Å². The van der Waals surface area contributed by atoms with Crippen LogP contribution in [0.25, 0.3) is 0 Å². The molecule has 1 rings (SSSR count). The Morgan fingerprint density at radius 1 is 1.24 bits per heavy atom. The van der Waals surface area contributed by atoms with Gasteiger partial charge in [-0.3, -0.25) is 4.79 Å². The summed E-state index contributed by atoms with van der Waals surface area (Å²) < 4.78 is 10.5. The SMILES string of the molecule is COc1ccc(CCNCC(=O)N(C)C(C)C)cc1OC. The lowest BCUT2D eigenvalue weighted by molar-refractivity contribution is -0.130. The second-order valence-corrected chi connectivity index (χ2v) is 5.21. The van der Waals surface area contributed by atoms with E-state index < -0.39 is 0 Å². The molecule has 1 amide bonds. The highest BCUT2D eigenvalue weighted by atomic mass is 16.5. The van der Waals surface area contributed by atoms with Crippen LogP contribution < -0.4 is 14.8 Å². The van der Waals surface area contributed by atoms with E-state index in [0.29, 0.717) is 6.54 Å². The van der Waals surface area contributed by atoms with Crippen molar-refractivity contribution in [2.24, 2.45) is 0 Å². The van der Waals surface area contributed by atoms with Gasteiger partial charge in [-0.2, -0.15) is 0 Å². The van der Waals surface area contributed by atoms with Gasteiger partial charge < -0.3 is 19.7 Å². The predicted octanol–water partition coefficient (Wildman–Crippen LogP) is 1.70. The van der Waals surface area contributed by atoms with Crippen molar-refractivity contribution in [3.8, 4) is 11.5 Å². The Morgan fingerprint density at radius 2 is 1.90 bits per heavy atom. The molecule has 1 aromatic rings. The smallest absolute Gasteiger partial charge is 0.236 e. The average molecular weight is 294 g/mol. The maximum absolute atomic E-state index is 11.8. The van der Waals surface area contributed by atoms with Gasteiger partial charge in [-0.1, -0.05) is 6.07 Å². The van der Waals surface area contributed by atoms with Crippen LogP contribution in [0.15, 0.2) is 18.2 Å². The normalized spacial score (nSPS) is 10.6. The lowest BCUT2D eigenvalue weighted by Gasteiger charge is -2.21. The van der Waals surface area contributed by atoms with E-state index in [-0.39, 0.29) is 11.9 Å². The molecule has 21 heavy (non-hydrogen) atoms. The fourth-order valence-electron chi connectivity index (χ4n) is 1.88. The molecule has 5 heteroatoms. The first-order chi connectivity index (χ1) is 9.99. The summed E-state index contributed by atoms with van der Waals surface area (Å²) in [5, 5.41) is 3.17. The third-order valence-electron chi connectivity index (χ3n) is 3.48. The molecule has 0 bridgehead atoms. The van der Waals surface area contributed by atoms with Gasteiger partial charge in [-0.15, -0.1) is 0 Å². The van der Waals surface area contributed by atoms with Crippen molar-refractivity contribution in [2.45, 2.75) is 26.3 Å². The number of rotatable bonds is 8. The number of carbonyl (C=O) groups is 1. The number of carbonyl (C=O) groups excluding carboxylic acids is 1. The van der Waals surface area contributed by atoms with Crippen molar-refractivity contribution in [1.29, 1.82) is 0 Å². The summed E-state index contributed by atoms with van der Waals surface area (Å²) in [4.78, 5) is 13.5. The zero-order valence-electron chi connectivity index (χ0n) is 13.6. The highest BCUT2D eigenvalue weighted by molar-refractivity contribution is 5.78. The second kappa shape index (κ2) is 8.52. The van der Waals surface area contributed by atoms with E-state index >= 15 is 0 Å². The molecule has 0 heterocycles. The summed E-state index contributed by atoms with van der Waals surface area (Å²) in [5.74, 6) is 1.56. The summed E-state index contributed by atoms with van der Waals surface area (Å²) in [6.07, 6.45) is 0.832. The molecule has 1 aromatic carbocycles.